The first-order valence-electron chi connectivity index (χ1n) is 2.62. The number of hydrogen-bond acceptors (Lipinski definition) is 0. The fourth-order valence-electron chi connectivity index (χ4n) is 0.530. The summed E-state index contributed by atoms with van der Waals surface area (Å²) >= 11 is 0. The SMILES string of the molecule is CCC1([NH3+])CC1. The third kappa shape index (κ3) is 0.548. The Morgan fingerprint density at radius 2 is 2.17 bits per heavy atom. The molecule has 1 fully saturated rings. The molecule has 1 saturated carbocycles. The number of hydrogen-bond donors (Lipinski definition) is 1. The molecule has 0 aromatic rings. The van der Waals surface area contributed by atoms with Crippen LogP contribution in [0.25, 0.3) is 0 Å². The summed E-state index contributed by atoms with van der Waals surface area (Å²) < 4.78 is 0. The summed E-state index contributed by atoms with van der Waals surface area (Å²) in [4.78, 5) is 0. The summed E-state index contributed by atoms with van der Waals surface area (Å²) in [5.74, 6) is 0. The summed E-state index contributed by atoms with van der Waals surface area (Å²) in [7, 11) is 0. The Morgan fingerprint density at radius 1 is 1.67 bits per heavy atom. The van der Waals surface area contributed by atoms with Crippen molar-refractivity contribution < 1.29 is 5.73 Å². The standard InChI is InChI=1S/C5H11N/c1-2-5(6)3-4-5/h2-4,6H2,1H3/p+1. The molecule has 1 nitrogen and oxygen atoms in total. The van der Waals surface area contributed by atoms with Crippen LogP contribution < -0.4 is 5.73 Å². The van der Waals surface area contributed by atoms with Crippen molar-refractivity contribution in [1.29, 1.82) is 0 Å². The quantitative estimate of drug-likeness (QED) is 0.471. The first-order chi connectivity index (χ1) is 2.77. The lowest BCUT2D eigenvalue weighted by atomic mass is 10.2. The zero-order valence-corrected chi connectivity index (χ0v) is 4.33. The van der Waals surface area contributed by atoms with Gasteiger partial charge in [-0.2, -0.15) is 0 Å². The molecule has 0 spiro atoms. The zero-order valence-electron chi connectivity index (χ0n) is 4.33. The molecular formula is C5H12N+. The van der Waals surface area contributed by atoms with Crippen molar-refractivity contribution in [1.82, 2.24) is 0 Å². The van der Waals surface area contributed by atoms with Gasteiger partial charge >= 0.3 is 0 Å². The summed E-state index contributed by atoms with van der Waals surface area (Å²) in [5.41, 5.74) is 4.54. The van der Waals surface area contributed by atoms with E-state index in [0.29, 0.717) is 5.54 Å². The number of rotatable bonds is 1. The second-order valence-electron chi connectivity index (χ2n) is 2.35. The molecule has 0 amide bonds. The van der Waals surface area contributed by atoms with Crippen molar-refractivity contribution >= 4 is 0 Å². The summed E-state index contributed by atoms with van der Waals surface area (Å²) in [6.07, 6.45) is 4.00. The molecule has 6 heavy (non-hydrogen) atoms. The van der Waals surface area contributed by atoms with Crippen LogP contribution in [0.1, 0.15) is 26.2 Å². The normalized spacial score (nSPS) is 27.0. The first kappa shape index (κ1) is 4.13. The fourth-order valence-corrected chi connectivity index (χ4v) is 0.530. The molecule has 0 atom stereocenters. The van der Waals surface area contributed by atoms with Crippen LogP contribution in [0.3, 0.4) is 0 Å². The minimum absolute atomic E-state index is 0.542. The van der Waals surface area contributed by atoms with E-state index < -0.39 is 0 Å². The maximum absolute atomic E-state index is 4.00. The first-order valence-corrected chi connectivity index (χ1v) is 2.62. The molecule has 0 aromatic carbocycles. The Labute approximate surface area is 38.5 Å². The van der Waals surface area contributed by atoms with E-state index >= 15 is 0 Å². The van der Waals surface area contributed by atoms with Gasteiger partial charge in [0, 0.05) is 12.8 Å². The van der Waals surface area contributed by atoms with E-state index in [2.05, 4.69) is 12.7 Å². The van der Waals surface area contributed by atoms with Gasteiger partial charge < -0.3 is 5.73 Å². The maximum Gasteiger partial charge on any atom is 0.0948 e. The maximum atomic E-state index is 4.00. The van der Waals surface area contributed by atoms with Crippen LogP contribution in [0.5, 0.6) is 0 Å². The van der Waals surface area contributed by atoms with E-state index in [0.717, 1.165) is 0 Å². The van der Waals surface area contributed by atoms with Crippen molar-refractivity contribution in [2.24, 2.45) is 0 Å². The van der Waals surface area contributed by atoms with E-state index in [-0.39, 0.29) is 0 Å². The molecule has 0 saturated heterocycles. The van der Waals surface area contributed by atoms with Gasteiger partial charge in [0.15, 0.2) is 0 Å². The van der Waals surface area contributed by atoms with Gasteiger partial charge in [-0.3, -0.25) is 0 Å². The van der Waals surface area contributed by atoms with Crippen LogP contribution in [-0.2, 0) is 0 Å². The van der Waals surface area contributed by atoms with Gasteiger partial charge in [-0.25, -0.2) is 0 Å². The molecule has 0 heterocycles. The van der Waals surface area contributed by atoms with E-state index in [9.17, 15) is 0 Å². The lowest BCUT2D eigenvalue weighted by molar-refractivity contribution is -0.438. The molecule has 0 aromatic heterocycles. The molecule has 1 aliphatic carbocycles. The minimum atomic E-state index is 0.542. The molecule has 0 aliphatic heterocycles. The highest BCUT2D eigenvalue weighted by Crippen LogP contribution is 2.32. The Bertz CT molecular complexity index is 55.0. The van der Waals surface area contributed by atoms with Crippen LogP contribution in [0.4, 0.5) is 0 Å². The highest BCUT2D eigenvalue weighted by molar-refractivity contribution is 4.89. The lowest BCUT2D eigenvalue weighted by Crippen LogP contribution is -2.63. The number of quaternary nitrogens is 1. The van der Waals surface area contributed by atoms with Crippen LogP contribution >= 0.6 is 0 Å². The monoisotopic (exact) mass is 86.1 g/mol. The topological polar surface area (TPSA) is 27.6 Å². The molecule has 1 rings (SSSR count). The fraction of sp³-hybridized carbons (Fsp3) is 1.00. The average molecular weight is 86.2 g/mol. The minimum Gasteiger partial charge on any atom is -0.353 e. The van der Waals surface area contributed by atoms with E-state index in [1.807, 2.05) is 0 Å². The largest absolute Gasteiger partial charge is 0.353 e. The highest BCUT2D eigenvalue weighted by Gasteiger charge is 2.40. The van der Waals surface area contributed by atoms with Crippen molar-refractivity contribution in [3.8, 4) is 0 Å². The predicted octanol–water partition coefficient (Wildman–Crippen LogP) is 0.171. The molecule has 0 radical (unpaired) electrons. The average Bonchev–Trinajstić information content (AvgIpc) is 2.22. The summed E-state index contributed by atoms with van der Waals surface area (Å²) in [6, 6.07) is 0. The molecule has 1 aliphatic rings. The molecule has 0 bridgehead atoms. The Hall–Kier alpha value is -0.0400. The van der Waals surface area contributed by atoms with Gasteiger partial charge in [0.05, 0.1) is 5.54 Å². The molecule has 36 valence electrons. The Kier molecular flexibility index (Phi) is 0.667. The van der Waals surface area contributed by atoms with Crippen molar-refractivity contribution in [2.75, 3.05) is 0 Å². The lowest BCUT2D eigenvalue weighted by Gasteiger charge is -1.93. The van der Waals surface area contributed by atoms with Gasteiger partial charge in [-0.05, 0) is 6.42 Å². The Balaban J connectivity index is 2.28. The second kappa shape index (κ2) is 0.969. The van der Waals surface area contributed by atoms with Crippen LogP contribution in [-0.4, -0.2) is 5.54 Å². The van der Waals surface area contributed by atoms with Crippen molar-refractivity contribution in [2.45, 2.75) is 31.7 Å². The third-order valence-electron chi connectivity index (χ3n) is 1.71. The van der Waals surface area contributed by atoms with Crippen LogP contribution in [0, 0.1) is 0 Å². The van der Waals surface area contributed by atoms with E-state index in [4.69, 9.17) is 0 Å². The van der Waals surface area contributed by atoms with Gasteiger partial charge in [-0.1, -0.05) is 6.92 Å². The van der Waals surface area contributed by atoms with Gasteiger partial charge in [-0.15, -0.1) is 0 Å². The van der Waals surface area contributed by atoms with Crippen LogP contribution in [0.15, 0.2) is 0 Å². The van der Waals surface area contributed by atoms with E-state index in [1.165, 1.54) is 19.3 Å². The van der Waals surface area contributed by atoms with Gasteiger partial charge in [0.1, 0.15) is 0 Å². The smallest absolute Gasteiger partial charge is 0.0948 e. The van der Waals surface area contributed by atoms with Gasteiger partial charge in [0.2, 0.25) is 0 Å². The summed E-state index contributed by atoms with van der Waals surface area (Å²) in [5, 5.41) is 0. The predicted molar refractivity (Wildman–Crippen MR) is 25.1 cm³/mol. The molecule has 1 heteroatoms. The summed E-state index contributed by atoms with van der Waals surface area (Å²) in [6.45, 7) is 2.21. The van der Waals surface area contributed by atoms with E-state index in [1.54, 1.807) is 0 Å². The second-order valence-corrected chi connectivity index (χ2v) is 2.35. The molecular weight excluding hydrogens is 74.1 g/mol. The van der Waals surface area contributed by atoms with Crippen molar-refractivity contribution in [3.63, 3.8) is 0 Å². The molecule has 3 N–H and O–H groups in total. The highest BCUT2D eigenvalue weighted by atomic mass is 14.8. The Morgan fingerprint density at radius 3 is 2.17 bits per heavy atom. The van der Waals surface area contributed by atoms with Crippen molar-refractivity contribution in [3.05, 3.63) is 0 Å². The van der Waals surface area contributed by atoms with Crippen LogP contribution in [0.2, 0.25) is 0 Å². The molecule has 0 unspecified atom stereocenters. The zero-order chi connectivity index (χ0) is 4.62. The third-order valence-corrected chi connectivity index (χ3v) is 1.71. The van der Waals surface area contributed by atoms with Gasteiger partial charge in [0.25, 0.3) is 0 Å².